The van der Waals surface area contributed by atoms with E-state index in [2.05, 4.69) is 9.47 Å². The predicted octanol–water partition coefficient (Wildman–Crippen LogP) is 1.60. The van der Waals surface area contributed by atoms with Crippen LogP contribution >= 0.6 is 0 Å². The highest BCUT2D eigenvalue weighted by Gasteiger charge is 1.97. The number of alkyl halides is 1. The van der Waals surface area contributed by atoms with Gasteiger partial charge < -0.3 is 9.47 Å². The van der Waals surface area contributed by atoms with Crippen LogP contribution in [0.25, 0.3) is 0 Å². The molecule has 0 aliphatic carbocycles. The zero-order valence-corrected chi connectivity index (χ0v) is 4.96. The van der Waals surface area contributed by atoms with E-state index in [-0.39, 0.29) is 0 Å². The van der Waals surface area contributed by atoms with E-state index in [0.29, 0.717) is 0 Å². The molecule has 0 amide bonds. The fourth-order valence-electron chi connectivity index (χ4n) is 0.202. The predicted molar refractivity (Wildman–Crippen MR) is 28.4 cm³/mol. The second-order valence-electron chi connectivity index (χ2n) is 1.09. The minimum absolute atomic E-state index is 1.03. The molecule has 0 rings (SSSR count). The van der Waals surface area contributed by atoms with E-state index in [9.17, 15) is 9.18 Å². The molecule has 0 aliphatic heterocycles. The highest BCUT2D eigenvalue weighted by molar-refractivity contribution is 5.60. The van der Waals surface area contributed by atoms with Crippen molar-refractivity contribution in [2.75, 3.05) is 6.86 Å². The number of hydrogen-bond acceptors (Lipinski definition) is 3. The average molecular weight is 134 g/mol. The van der Waals surface area contributed by atoms with E-state index >= 15 is 0 Å². The number of rotatable bonds is 2. The van der Waals surface area contributed by atoms with Crippen molar-refractivity contribution in [1.82, 2.24) is 0 Å². The lowest BCUT2D eigenvalue weighted by Crippen LogP contribution is -2.01. The molecule has 0 unspecified atom stereocenters. The molecule has 0 aromatic rings. The van der Waals surface area contributed by atoms with Crippen LogP contribution in [0.5, 0.6) is 0 Å². The van der Waals surface area contributed by atoms with Crippen molar-refractivity contribution in [3.63, 3.8) is 0 Å². The summed E-state index contributed by atoms with van der Waals surface area (Å²) in [4.78, 5) is 10.1. The Morgan fingerprint density at radius 3 is 2.89 bits per heavy atom. The van der Waals surface area contributed by atoms with Crippen LogP contribution in [0, 0.1) is 0 Å². The zero-order chi connectivity index (χ0) is 7.11. The second kappa shape index (κ2) is 5.08. The Balaban J connectivity index is 3.27. The summed E-state index contributed by atoms with van der Waals surface area (Å²) in [6.07, 6.45) is 1.56. The van der Waals surface area contributed by atoms with Crippen LogP contribution in [0.2, 0.25) is 0 Å². The molecule has 0 bridgehead atoms. The topological polar surface area (TPSA) is 35.5 Å². The van der Waals surface area contributed by atoms with E-state index in [1.54, 1.807) is 6.92 Å². The first-order valence-corrected chi connectivity index (χ1v) is 2.31. The standard InChI is InChI=1S/C5H7FO3/c1-2-3-8-5(7)9-4-6/h2-3H,4H2,1H3. The Labute approximate surface area is 52.1 Å². The minimum atomic E-state index is -1.16. The highest BCUT2D eigenvalue weighted by Crippen LogP contribution is 1.85. The van der Waals surface area contributed by atoms with Gasteiger partial charge in [0.15, 0.2) is 0 Å². The third kappa shape index (κ3) is 4.80. The summed E-state index contributed by atoms with van der Waals surface area (Å²) in [5.74, 6) is 0. The Kier molecular flexibility index (Phi) is 4.49. The molecule has 0 radical (unpaired) electrons. The van der Waals surface area contributed by atoms with Gasteiger partial charge in [-0.05, 0) is 6.92 Å². The molecule has 52 valence electrons. The molecule has 0 aliphatic rings. The van der Waals surface area contributed by atoms with Crippen molar-refractivity contribution < 1.29 is 18.7 Å². The van der Waals surface area contributed by atoms with Gasteiger partial charge in [-0.1, -0.05) is 6.08 Å². The minimum Gasteiger partial charge on any atom is -0.403 e. The molecular weight excluding hydrogens is 127 g/mol. The molecule has 0 heterocycles. The largest absolute Gasteiger partial charge is 0.515 e. The molecule has 0 saturated heterocycles. The Morgan fingerprint density at radius 2 is 2.44 bits per heavy atom. The van der Waals surface area contributed by atoms with E-state index in [1.807, 2.05) is 0 Å². The smallest absolute Gasteiger partial charge is 0.403 e. The number of hydrogen-bond donors (Lipinski definition) is 0. The van der Waals surface area contributed by atoms with Gasteiger partial charge in [0, 0.05) is 0 Å². The second-order valence-corrected chi connectivity index (χ2v) is 1.09. The Bertz CT molecular complexity index is 111. The molecule has 9 heavy (non-hydrogen) atoms. The van der Waals surface area contributed by atoms with Crippen molar-refractivity contribution in [2.45, 2.75) is 6.92 Å². The van der Waals surface area contributed by atoms with Gasteiger partial charge in [0.05, 0.1) is 6.26 Å². The fourth-order valence-corrected chi connectivity index (χ4v) is 0.202. The van der Waals surface area contributed by atoms with Crippen molar-refractivity contribution in [1.29, 1.82) is 0 Å². The molecular formula is C5H7FO3. The van der Waals surface area contributed by atoms with Crippen LogP contribution in [-0.4, -0.2) is 13.0 Å². The summed E-state index contributed by atoms with van der Waals surface area (Å²) >= 11 is 0. The summed E-state index contributed by atoms with van der Waals surface area (Å²) < 4.78 is 19.0. The maximum absolute atomic E-state index is 11.1. The van der Waals surface area contributed by atoms with Crippen LogP contribution in [0.1, 0.15) is 6.92 Å². The van der Waals surface area contributed by atoms with Gasteiger partial charge in [0.2, 0.25) is 6.86 Å². The van der Waals surface area contributed by atoms with Gasteiger partial charge in [-0.15, -0.1) is 0 Å². The summed E-state index contributed by atoms with van der Waals surface area (Å²) in [5, 5.41) is 0. The quantitative estimate of drug-likeness (QED) is 0.425. The maximum atomic E-state index is 11.1. The SMILES string of the molecule is CC=COC(=O)OCF. The van der Waals surface area contributed by atoms with Gasteiger partial charge >= 0.3 is 6.16 Å². The first-order valence-electron chi connectivity index (χ1n) is 2.31. The third-order valence-electron chi connectivity index (χ3n) is 0.473. The van der Waals surface area contributed by atoms with Crippen molar-refractivity contribution in [2.24, 2.45) is 0 Å². The van der Waals surface area contributed by atoms with Crippen molar-refractivity contribution >= 4 is 6.16 Å². The lowest BCUT2D eigenvalue weighted by Gasteiger charge is -1.94. The molecule has 3 nitrogen and oxygen atoms in total. The normalized spacial score (nSPS) is 9.56. The lowest BCUT2D eigenvalue weighted by molar-refractivity contribution is 0.0495. The molecule has 0 aromatic carbocycles. The Morgan fingerprint density at radius 1 is 1.78 bits per heavy atom. The first kappa shape index (κ1) is 7.94. The summed E-state index contributed by atoms with van der Waals surface area (Å²) in [6, 6.07) is 0. The first-order chi connectivity index (χ1) is 4.31. The number of halogens is 1. The highest BCUT2D eigenvalue weighted by atomic mass is 19.1. The Hall–Kier alpha value is -1.06. The van der Waals surface area contributed by atoms with Gasteiger partial charge in [-0.3, -0.25) is 0 Å². The van der Waals surface area contributed by atoms with E-state index in [0.717, 1.165) is 6.26 Å². The van der Waals surface area contributed by atoms with E-state index in [4.69, 9.17) is 0 Å². The number of ether oxygens (including phenoxy) is 2. The monoisotopic (exact) mass is 134 g/mol. The van der Waals surface area contributed by atoms with Crippen molar-refractivity contribution in [3.05, 3.63) is 12.3 Å². The average Bonchev–Trinajstić information content (AvgIpc) is 1.85. The van der Waals surface area contributed by atoms with Crippen LogP contribution in [0.3, 0.4) is 0 Å². The number of carbonyl (C=O) groups excluding carboxylic acids is 1. The zero-order valence-electron chi connectivity index (χ0n) is 4.96. The van der Waals surface area contributed by atoms with Crippen LogP contribution < -0.4 is 0 Å². The maximum Gasteiger partial charge on any atom is 0.515 e. The van der Waals surface area contributed by atoms with Crippen LogP contribution in [0.4, 0.5) is 9.18 Å². The summed E-state index contributed by atoms with van der Waals surface area (Å²) in [5.41, 5.74) is 0. The van der Waals surface area contributed by atoms with Gasteiger partial charge in [0.25, 0.3) is 0 Å². The van der Waals surface area contributed by atoms with Gasteiger partial charge in [-0.2, -0.15) is 0 Å². The van der Waals surface area contributed by atoms with Crippen LogP contribution in [-0.2, 0) is 9.47 Å². The number of carbonyl (C=O) groups is 1. The number of allylic oxidation sites excluding steroid dienone is 1. The molecule has 0 aromatic heterocycles. The van der Waals surface area contributed by atoms with E-state index < -0.39 is 13.0 Å². The van der Waals surface area contributed by atoms with Crippen LogP contribution in [0.15, 0.2) is 12.3 Å². The fraction of sp³-hybridized carbons (Fsp3) is 0.400. The third-order valence-corrected chi connectivity index (χ3v) is 0.473. The van der Waals surface area contributed by atoms with Gasteiger partial charge in [0.1, 0.15) is 0 Å². The molecule has 0 fully saturated rings. The molecule has 0 spiro atoms. The summed E-state index contributed by atoms with van der Waals surface area (Å²) in [7, 11) is 0. The summed E-state index contributed by atoms with van der Waals surface area (Å²) in [6.45, 7) is 0.499. The molecule has 0 N–H and O–H groups in total. The molecule has 0 saturated carbocycles. The van der Waals surface area contributed by atoms with E-state index in [1.165, 1.54) is 6.08 Å². The van der Waals surface area contributed by atoms with Crippen molar-refractivity contribution in [3.8, 4) is 0 Å². The molecule has 4 heteroatoms. The molecule has 0 atom stereocenters. The lowest BCUT2D eigenvalue weighted by atomic mass is 10.7. The van der Waals surface area contributed by atoms with Gasteiger partial charge in [-0.25, -0.2) is 9.18 Å².